The third-order valence-corrected chi connectivity index (χ3v) is 9.00. The fourth-order valence-electron chi connectivity index (χ4n) is 5.53. The zero-order valence-electron chi connectivity index (χ0n) is 22.4. The number of aliphatic imine (C=N–C) groups is 1. The summed E-state index contributed by atoms with van der Waals surface area (Å²) in [5.74, 6) is 3.47. The molecule has 3 aliphatic rings. The molecule has 2 aliphatic carbocycles. The van der Waals surface area contributed by atoms with Crippen LogP contribution in [0.4, 0.5) is 5.82 Å². The van der Waals surface area contributed by atoms with Crippen LogP contribution in [0.15, 0.2) is 57.1 Å². The first-order valence-corrected chi connectivity index (χ1v) is 14.3. The molecule has 1 aliphatic heterocycles. The second-order valence-electron chi connectivity index (χ2n) is 10.8. The van der Waals surface area contributed by atoms with Gasteiger partial charge in [-0.1, -0.05) is 30.1 Å². The van der Waals surface area contributed by atoms with Crippen molar-refractivity contribution >= 4 is 29.5 Å². The number of aromatic nitrogens is 2. The van der Waals surface area contributed by atoms with Crippen LogP contribution in [0, 0.1) is 19.8 Å². The van der Waals surface area contributed by atoms with Crippen LogP contribution in [0.25, 0.3) is 5.69 Å². The first-order valence-electron chi connectivity index (χ1n) is 13.5. The molecule has 3 heterocycles. The number of ether oxygens (including phenoxy) is 1. The van der Waals surface area contributed by atoms with Crippen molar-refractivity contribution in [1.29, 1.82) is 0 Å². The van der Waals surface area contributed by atoms with Crippen LogP contribution in [-0.2, 0) is 16.1 Å². The highest BCUT2D eigenvalue weighted by atomic mass is 32.2. The molecule has 38 heavy (non-hydrogen) atoms. The van der Waals surface area contributed by atoms with Gasteiger partial charge < -0.3 is 13.8 Å². The lowest BCUT2D eigenvalue weighted by Crippen LogP contribution is -2.40. The van der Waals surface area contributed by atoms with Gasteiger partial charge in [0, 0.05) is 31.5 Å². The largest absolute Gasteiger partial charge is 0.363 e. The number of amidine groups is 1. The van der Waals surface area contributed by atoms with Crippen molar-refractivity contribution in [2.75, 3.05) is 18.1 Å². The highest BCUT2D eigenvalue weighted by Gasteiger charge is 2.50. The number of benzene rings is 1. The predicted octanol–water partition coefficient (Wildman–Crippen LogP) is 6.05. The van der Waals surface area contributed by atoms with E-state index < -0.39 is 5.54 Å². The molecule has 6 rings (SSSR count). The average Bonchev–Trinajstić information content (AvgIpc) is 3.21. The number of nitrogens with zero attached hydrogens (tertiary/aromatic N) is 5. The monoisotopic (exact) mass is 533 g/mol. The standard InChI is InChI=1S/C29H35N5O3S/c1-20-21(2)37-31-27(20)34(19-36-3)38-25-9-5-4-8-24(25)32-15-12-23(17-32)18-33-26(16-22-10-11-22)30-29(28(33)35)13-6-7-14-29/h4-5,8-9,12,15,17,22H,6-7,10-11,13-14,16,18-19H2,1-3H3. The van der Waals surface area contributed by atoms with Crippen LogP contribution in [0.3, 0.4) is 0 Å². The average molecular weight is 534 g/mol. The lowest BCUT2D eigenvalue weighted by atomic mass is 9.98. The summed E-state index contributed by atoms with van der Waals surface area (Å²) in [6.07, 6.45) is 11.6. The van der Waals surface area contributed by atoms with Crippen LogP contribution in [-0.4, -0.2) is 45.7 Å². The normalized spacial score (nSPS) is 18.6. The molecule has 0 atom stereocenters. The molecule has 1 amide bonds. The molecule has 0 saturated heterocycles. The van der Waals surface area contributed by atoms with E-state index in [0.717, 1.165) is 71.2 Å². The topological polar surface area (TPSA) is 76.1 Å². The Hall–Kier alpha value is -3.04. The summed E-state index contributed by atoms with van der Waals surface area (Å²) in [5, 5.41) is 4.26. The third kappa shape index (κ3) is 4.78. The number of hydrogen-bond donors (Lipinski definition) is 0. The fourth-order valence-corrected chi connectivity index (χ4v) is 6.59. The van der Waals surface area contributed by atoms with Gasteiger partial charge >= 0.3 is 0 Å². The van der Waals surface area contributed by atoms with E-state index in [1.54, 1.807) is 19.1 Å². The Kier molecular flexibility index (Phi) is 6.82. The Bertz CT molecular complexity index is 1350. The third-order valence-electron chi connectivity index (χ3n) is 7.96. The molecule has 200 valence electrons. The van der Waals surface area contributed by atoms with Crippen molar-refractivity contribution in [2.45, 2.75) is 75.8 Å². The van der Waals surface area contributed by atoms with E-state index in [4.69, 9.17) is 14.3 Å². The summed E-state index contributed by atoms with van der Waals surface area (Å²) >= 11 is 1.57. The highest BCUT2D eigenvalue weighted by Crippen LogP contribution is 2.42. The van der Waals surface area contributed by atoms with Gasteiger partial charge in [-0.3, -0.25) is 19.0 Å². The molecular formula is C29H35N5O3S. The first-order chi connectivity index (χ1) is 18.5. The molecule has 2 saturated carbocycles. The second-order valence-corrected chi connectivity index (χ2v) is 11.8. The van der Waals surface area contributed by atoms with Crippen molar-refractivity contribution in [3.63, 3.8) is 0 Å². The molecule has 1 spiro atoms. The van der Waals surface area contributed by atoms with Gasteiger partial charge in [0.05, 0.1) is 17.1 Å². The van der Waals surface area contributed by atoms with Gasteiger partial charge in [-0.2, -0.15) is 0 Å². The molecule has 1 aromatic carbocycles. The van der Waals surface area contributed by atoms with E-state index in [1.807, 2.05) is 35.2 Å². The summed E-state index contributed by atoms with van der Waals surface area (Å²) in [4.78, 5) is 21.7. The molecule has 0 unspecified atom stereocenters. The van der Waals surface area contributed by atoms with Crippen molar-refractivity contribution in [3.8, 4) is 5.69 Å². The maximum Gasteiger partial charge on any atom is 0.256 e. The highest BCUT2D eigenvalue weighted by molar-refractivity contribution is 8.00. The van der Waals surface area contributed by atoms with Gasteiger partial charge in [-0.05, 0) is 81.2 Å². The van der Waals surface area contributed by atoms with Crippen LogP contribution >= 0.6 is 11.9 Å². The number of methoxy groups -OCH3 is 1. The molecule has 2 aromatic heterocycles. The Balaban J connectivity index is 1.23. The van der Waals surface area contributed by atoms with Crippen LogP contribution < -0.4 is 4.31 Å². The lowest BCUT2D eigenvalue weighted by molar-refractivity contribution is -0.131. The molecule has 9 heteroatoms. The number of para-hydroxylation sites is 1. The smallest absolute Gasteiger partial charge is 0.256 e. The number of rotatable bonds is 10. The zero-order chi connectivity index (χ0) is 26.3. The summed E-state index contributed by atoms with van der Waals surface area (Å²) in [6.45, 7) is 4.86. The number of carbonyl (C=O) groups excluding carboxylic acids is 1. The molecule has 0 radical (unpaired) electrons. The molecule has 0 N–H and O–H groups in total. The van der Waals surface area contributed by atoms with E-state index in [9.17, 15) is 4.79 Å². The number of amides is 1. The quantitative estimate of drug-likeness (QED) is 0.233. The maximum atomic E-state index is 13.6. The number of anilines is 1. The van der Waals surface area contributed by atoms with Crippen molar-refractivity contribution in [2.24, 2.45) is 10.9 Å². The Labute approximate surface area is 228 Å². The van der Waals surface area contributed by atoms with Crippen molar-refractivity contribution in [1.82, 2.24) is 14.6 Å². The SMILES string of the molecule is COCN(Sc1ccccc1-n1ccc(CN2C(=O)C3(CCCC3)N=C2CC2CC2)c1)c1noc(C)c1C. The van der Waals surface area contributed by atoms with Crippen LogP contribution in [0.1, 0.15) is 61.8 Å². The van der Waals surface area contributed by atoms with Crippen molar-refractivity contribution in [3.05, 3.63) is 59.6 Å². The maximum absolute atomic E-state index is 13.6. The van der Waals surface area contributed by atoms with Gasteiger partial charge in [0.25, 0.3) is 5.91 Å². The summed E-state index contributed by atoms with van der Waals surface area (Å²) in [6, 6.07) is 10.4. The second kappa shape index (κ2) is 10.3. The summed E-state index contributed by atoms with van der Waals surface area (Å²) in [5.41, 5.74) is 2.66. The first kappa shape index (κ1) is 25.2. The predicted molar refractivity (Wildman–Crippen MR) is 148 cm³/mol. The van der Waals surface area contributed by atoms with Gasteiger partial charge in [-0.25, -0.2) is 0 Å². The van der Waals surface area contributed by atoms with Gasteiger partial charge in [0.1, 0.15) is 23.9 Å². The number of aryl methyl sites for hydroxylation is 1. The van der Waals surface area contributed by atoms with Crippen LogP contribution in [0.5, 0.6) is 0 Å². The number of hydrogen-bond acceptors (Lipinski definition) is 7. The van der Waals surface area contributed by atoms with Gasteiger partial charge in [0.2, 0.25) is 0 Å². The minimum Gasteiger partial charge on any atom is -0.363 e. The zero-order valence-corrected chi connectivity index (χ0v) is 23.2. The lowest BCUT2D eigenvalue weighted by Gasteiger charge is -2.22. The number of carbonyl (C=O) groups is 1. The summed E-state index contributed by atoms with van der Waals surface area (Å²) < 4.78 is 15.0. The van der Waals surface area contributed by atoms with Crippen molar-refractivity contribution < 1.29 is 14.1 Å². The minimum atomic E-state index is -0.488. The molecule has 8 nitrogen and oxygen atoms in total. The van der Waals surface area contributed by atoms with E-state index in [0.29, 0.717) is 19.2 Å². The van der Waals surface area contributed by atoms with E-state index in [-0.39, 0.29) is 5.91 Å². The molecule has 2 fully saturated rings. The molecule has 0 bridgehead atoms. The summed E-state index contributed by atoms with van der Waals surface area (Å²) in [7, 11) is 1.68. The minimum absolute atomic E-state index is 0.211. The van der Waals surface area contributed by atoms with Gasteiger partial charge in [-0.15, -0.1) is 0 Å². The van der Waals surface area contributed by atoms with Crippen LogP contribution in [0.2, 0.25) is 0 Å². The Morgan fingerprint density at radius 1 is 1.18 bits per heavy atom. The van der Waals surface area contributed by atoms with E-state index >= 15 is 0 Å². The van der Waals surface area contributed by atoms with E-state index in [2.05, 4.69) is 40.3 Å². The van der Waals surface area contributed by atoms with Gasteiger partial charge in [0.15, 0.2) is 5.82 Å². The molecular weight excluding hydrogens is 498 g/mol. The fraction of sp³-hybridized carbons (Fsp3) is 0.483. The Morgan fingerprint density at radius 3 is 2.68 bits per heavy atom. The Morgan fingerprint density at radius 2 is 1.97 bits per heavy atom. The van der Waals surface area contributed by atoms with E-state index in [1.165, 1.54) is 12.8 Å². The molecule has 3 aromatic rings.